The van der Waals surface area contributed by atoms with Crippen molar-refractivity contribution in [2.24, 2.45) is 5.41 Å². The second kappa shape index (κ2) is 9.10. The highest BCUT2D eigenvalue weighted by atomic mass is 16.5. The molecule has 0 unspecified atom stereocenters. The Kier molecular flexibility index (Phi) is 6.28. The van der Waals surface area contributed by atoms with E-state index in [-0.39, 0.29) is 17.9 Å². The fraction of sp³-hybridized carbons (Fsp3) is 0.440. The normalized spacial score (nSPS) is 23.7. The number of nitrogens with zero attached hydrogens (tertiary/aromatic N) is 2. The molecule has 6 nitrogen and oxygen atoms in total. The second-order valence-electron chi connectivity index (χ2n) is 8.67. The van der Waals surface area contributed by atoms with Crippen molar-refractivity contribution < 1.29 is 14.3 Å². The Labute approximate surface area is 184 Å². The summed E-state index contributed by atoms with van der Waals surface area (Å²) < 4.78 is 5.20. The Morgan fingerprint density at radius 2 is 1.74 bits per heavy atom. The molecule has 4 rings (SSSR count). The first-order valence-electron chi connectivity index (χ1n) is 11.0. The van der Waals surface area contributed by atoms with E-state index < -0.39 is 5.41 Å². The standard InChI is InChI=1S/C25H31N3O3/c1-27-16-13-25(24(30)26-20-6-4-3-5-7-20)14-17-28(15-12-22(25)27)23(29)18-19-8-10-21(31-2)11-9-19/h3-11,22H,12-18H2,1-2H3,(H,26,30)/t22-,25-/m0/s1. The quantitative estimate of drug-likeness (QED) is 0.806. The summed E-state index contributed by atoms with van der Waals surface area (Å²) in [7, 11) is 3.73. The van der Waals surface area contributed by atoms with Crippen molar-refractivity contribution in [3.63, 3.8) is 0 Å². The molecule has 31 heavy (non-hydrogen) atoms. The predicted octanol–water partition coefficient (Wildman–Crippen LogP) is 3.19. The van der Waals surface area contributed by atoms with Crippen molar-refractivity contribution in [3.05, 3.63) is 60.2 Å². The summed E-state index contributed by atoms with van der Waals surface area (Å²) in [5, 5.41) is 3.14. The molecule has 2 aromatic rings. The van der Waals surface area contributed by atoms with E-state index >= 15 is 0 Å². The average Bonchev–Trinajstić information content (AvgIpc) is 2.98. The van der Waals surface area contributed by atoms with E-state index in [0.29, 0.717) is 25.9 Å². The summed E-state index contributed by atoms with van der Waals surface area (Å²) in [5.74, 6) is 0.983. The van der Waals surface area contributed by atoms with Crippen molar-refractivity contribution in [1.82, 2.24) is 9.80 Å². The van der Waals surface area contributed by atoms with Gasteiger partial charge in [-0.1, -0.05) is 30.3 Å². The van der Waals surface area contributed by atoms with Gasteiger partial charge in [0.05, 0.1) is 18.9 Å². The SMILES string of the molecule is COc1ccc(CC(=O)N2CC[C@@H]3N(C)CC[C@]3(C(=O)Nc3ccccc3)CC2)cc1. The maximum absolute atomic E-state index is 13.4. The molecule has 0 aliphatic carbocycles. The third-order valence-electron chi connectivity index (χ3n) is 6.93. The van der Waals surface area contributed by atoms with Crippen molar-refractivity contribution >= 4 is 17.5 Å². The average molecular weight is 422 g/mol. The van der Waals surface area contributed by atoms with E-state index in [1.807, 2.05) is 59.5 Å². The maximum Gasteiger partial charge on any atom is 0.232 e. The second-order valence-corrected chi connectivity index (χ2v) is 8.67. The molecular weight excluding hydrogens is 390 g/mol. The smallest absolute Gasteiger partial charge is 0.232 e. The number of rotatable bonds is 5. The lowest BCUT2D eigenvalue weighted by Crippen LogP contribution is -2.46. The number of fused-ring (bicyclic) bond motifs is 1. The third-order valence-corrected chi connectivity index (χ3v) is 6.93. The first-order valence-corrected chi connectivity index (χ1v) is 11.0. The zero-order valence-corrected chi connectivity index (χ0v) is 18.3. The van der Waals surface area contributed by atoms with Gasteiger partial charge >= 0.3 is 0 Å². The minimum absolute atomic E-state index is 0.0810. The van der Waals surface area contributed by atoms with E-state index in [1.54, 1.807) is 7.11 Å². The highest BCUT2D eigenvalue weighted by Gasteiger charge is 2.52. The van der Waals surface area contributed by atoms with Gasteiger partial charge in [0.1, 0.15) is 5.75 Å². The van der Waals surface area contributed by atoms with Gasteiger partial charge in [0.15, 0.2) is 0 Å². The summed E-state index contributed by atoms with van der Waals surface area (Å²) in [4.78, 5) is 30.7. The number of ether oxygens (including phenoxy) is 1. The van der Waals surface area contributed by atoms with Gasteiger partial charge in [-0.3, -0.25) is 9.59 Å². The van der Waals surface area contributed by atoms with E-state index in [4.69, 9.17) is 4.74 Å². The van der Waals surface area contributed by atoms with Crippen LogP contribution in [0.4, 0.5) is 5.69 Å². The van der Waals surface area contributed by atoms with E-state index in [1.165, 1.54) is 0 Å². The number of para-hydroxylation sites is 1. The lowest BCUT2D eigenvalue weighted by Gasteiger charge is -2.34. The highest BCUT2D eigenvalue weighted by molar-refractivity contribution is 5.96. The van der Waals surface area contributed by atoms with Crippen LogP contribution < -0.4 is 10.1 Å². The fourth-order valence-corrected chi connectivity index (χ4v) is 5.07. The van der Waals surface area contributed by atoms with Gasteiger partial charge in [-0.05, 0) is 62.7 Å². The third kappa shape index (κ3) is 4.44. The topological polar surface area (TPSA) is 61.9 Å². The van der Waals surface area contributed by atoms with Gasteiger partial charge < -0.3 is 19.9 Å². The van der Waals surface area contributed by atoms with Crippen molar-refractivity contribution in [2.45, 2.75) is 31.7 Å². The van der Waals surface area contributed by atoms with Crippen LogP contribution in [-0.2, 0) is 16.0 Å². The molecule has 2 amide bonds. The molecule has 2 heterocycles. The number of anilines is 1. The number of hydrogen-bond acceptors (Lipinski definition) is 4. The Morgan fingerprint density at radius 3 is 2.45 bits per heavy atom. The van der Waals surface area contributed by atoms with Gasteiger partial charge in [0, 0.05) is 24.8 Å². The molecule has 164 valence electrons. The summed E-state index contributed by atoms with van der Waals surface area (Å²) in [6.07, 6.45) is 2.70. The molecule has 6 heteroatoms. The summed E-state index contributed by atoms with van der Waals surface area (Å²) in [6.45, 7) is 2.21. The first-order chi connectivity index (χ1) is 15.0. The summed E-state index contributed by atoms with van der Waals surface area (Å²) in [5.41, 5.74) is 1.34. The van der Waals surface area contributed by atoms with Crippen LogP contribution in [0.1, 0.15) is 24.8 Å². The van der Waals surface area contributed by atoms with Crippen LogP contribution >= 0.6 is 0 Å². The maximum atomic E-state index is 13.4. The summed E-state index contributed by atoms with van der Waals surface area (Å²) in [6, 6.07) is 17.4. The molecule has 2 aromatic carbocycles. The molecule has 0 saturated carbocycles. The fourth-order valence-electron chi connectivity index (χ4n) is 5.07. The van der Waals surface area contributed by atoms with Crippen LogP contribution in [0.3, 0.4) is 0 Å². The number of amides is 2. The van der Waals surface area contributed by atoms with Crippen LogP contribution in [0.15, 0.2) is 54.6 Å². The van der Waals surface area contributed by atoms with Crippen molar-refractivity contribution in [2.75, 3.05) is 39.1 Å². The zero-order valence-electron chi connectivity index (χ0n) is 18.3. The lowest BCUT2D eigenvalue weighted by molar-refractivity contribution is -0.131. The van der Waals surface area contributed by atoms with E-state index in [0.717, 1.165) is 36.4 Å². The number of nitrogens with one attached hydrogen (secondary N) is 1. The molecule has 2 fully saturated rings. The number of methoxy groups -OCH3 is 1. The molecule has 2 atom stereocenters. The molecule has 1 N–H and O–H groups in total. The minimum Gasteiger partial charge on any atom is -0.497 e. The molecule has 0 bridgehead atoms. The number of carbonyl (C=O) groups is 2. The largest absolute Gasteiger partial charge is 0.497 e. The monoisotopic (exact) mass is 421 g/mol. The Bertz CT molecular complexity index is 915. The first kappa shape index (κ1) is 21.4. The highest BCUT2D eigenvalue weighted by Crippen LogP contribution is 2.44. The Balaban J connectivity index is 1.46. The molecule has 0 spiro atoms. The minimum atomic E-state index is -0.459. The molecule has 2 aliphatic rings. The van der Waals surface area contributed by atoms with Crippen LogP contribution in [-0.4, -0.2) is 61.4 Å². The van der Waals surface area contributed by atoms with E-state index in [2.05, 4.69) is 17.3 Å². The zero-order chi connectivity index (χ0) is 21.8. The number of hydrogen-bond donors (Lipinski definition) is 1. The molecular formula is C25H31N3O3. The van der Waals surface area contributed by atoms with Gasteiger partial charge in [-0.25, -0.2) is 0 Å². The van der Waals surface area contributed by atoms with Crippen LogP contribution in [0.2, 0.25) is 0 Å². The number of carbonyl (C=O) groups excluding carboxylic acids is 2. The van der Waals surface area contributed by atoms with Crippen LogP contribution in [0.5, 0.6) is 5.75 Å². The van der Waals surface area contributed by atoms with Gasteiger partial charge in [-0.2, -0.15) is 0 Å². The van der Waals surface area contributed by atoms with Crippen LogP contribution in [0.25, 0.3) is 0 Å². The molecule has 0 aromatic heterocycles. The number of benzene rings is 2. The molecule has 2 saturated heterocycles. The van der Waals surface area contributed by atoms with Gasteiger partial charge in [0.25, 0.3) is 0 Å². The van der Waals surface area contributed by atoms with Gasteiger partial charge in [0.2, 0.25) is 11.8 Å². The van der Waals surface area contributed by atoms with Crippen molar-refractivity contribution in [3.8, 4) is 5.75 Å². The molecule has 0 radical (unpaired) electrons. The Hall–Kier alpha value is -2.86. The molecule has 2 aliphatic heterocycles. The van der Waals surface area contributed by atoms with Crippen molar-refractivity contribution in [1.29, 1.82) is 0 Å². The number of likely N-dealkylation sites (tertiary alicyclic amines) is 2. The predicted molar refractivity (Wildman–Crippen MR) is 121 cm³/mol. The van der Waals surface area contributed by atoms with Crippen LogP contribution in [0, 0.1) is 5.41 Å². The van der Waals surface area contributed by atoms with Gasteiger partial charge in [-0.15, -0.1) is 0 Å². The van der Waals surface area contributed by atoms with E-state index in [9.17, 15) is 9.59 Å². The lowest BCUT2D eigenvalue weighted by atomic mass is 9.75. The Morgan fingerprint density at radius 1 is 1.03 bits per heavy atom. The summed E-state index contributed by atoms with van der Waals surface area (Å²) >= 11 is 0.